The Kier molecular flexibility index (Phi) is 3.78. The van der Waals surface area contributed by atoms with Gasteiger partial charge in [-0.2, -0.15) is 0 Å². The molecule has 0 saturated carbocycles. The first-order chi connectivity index (χ1) is 9.31. The van der Waals surface area contributed by atoms with E-state index >= 15 is 0 Å². The molecule has 1 heterocycles. The van der Waals surface area contributed by atoms with E-state index in [9.17, 15) is 9.59 Å². The van der Waals surface area contributed by atoms with Crippen LogP contribution in [0.3, 0.4) is 0 Å². The molecule has 4 nitrogen and oxygen atoms in total. The Morgan fingerprint density at radius 3 is 2.65 bits per heavy atom. The summed E-state index contributed by atoms with van der Waals surface area (Å²) in [6, 6.07) is 4.85. The van der Waals surface area contributed by atoms with E-state index in [0.717, 1.165) is 5.56 Å². The molecule has 0 radical (unpaired) electrons. The molecule has 0 aromatic heterocycles. The summed E-state index contributed by atoms with van der Waals surface area (Å²) in [5.74, 6) is -0.245. The lowest BCUT2D eigenvalue weighted by Gasteiger charge is -2.43. The standard InChI is InChI=1S/C15H19ClN2O2/c1-5-15(4)14(20)18(10(3)13(19)17-15)12-8-6-7-11(16)9(12)2/h6-8,10H,5H2,1-4H3,(H,17,19). The first-order valence-corrected chi connectivity index (χ1v) is 7.10. The third-order valence-electron chi connectivity index (χ3n) is 4.06. The van der Waals surface area contributed by atoms with Crippen molar-refractivity contribution in [2.75, 3.05) is 4.90 Å². The van der Waals surface area contributed by atoms with Gasteiger partial charge in [0.15, 0.2) is 0 Å². The lowest BCUT2D eigenvalue weighted by Crippen LogP contribution is -2.68. The number of nitrogens with zero attached hydrogens (tertiary/aromatic N) is 1. The lowest BCUT2D eigenvalue weighted by molar-refractivity contribution is -0.137. The van der Waals surface area contributed by atoms with E-state index in [4.69, 9.17) is 11.6 Å². The zero-order valence-electron chi connectivity index (χ0n) is 12.2. The molecule has 0 bridgehead atoms. The summed E-state index contributed by atoms with van der Waals surface area (Å²) in [6.07, 6.45) is 0.542. The summed E-state index contributed by atoms with van der Waals surface area (Å²) in [5.41, 5.74) is 0.644. The van der Waals surface area contributed by atoms with Crippen LogP contribution in [0, 0.1) is 6.92 Å². The van der Waals surface area contributed by atoms with Crippen molar-refractivity contribution in [3.63, 3.8) is 0 Å². The minimum absolute atomic E-state index is 0.0996. The molecule has 2 amide bonds. The second-order valence-corrected chi connectivity index (χ2v) is 5.82. The molecule has 1 fully saturated rings. The molecule has 1 aromatic carbocycles. The van der Waals surface area contributed by atoms with Crippen molar-refractivity contribution < 1.29 is 9.59 Å². The molecule has 2 atom stereocenters. The molecular weight excluding hydrogens is 276 g/mol. The Morgan fingerprint density at radius 1 is 1.40 bits per heavy atom. The average Bonchev–Trinajstić information content (AvgIpc) is 2.41. The van der Waals surface area contributed by atoms with E-state index in [1.165, 1.54) is 0 Å². The Balaban J connectivity index is 2.55. The number of hydrogen-bond acceptors (Lipinski definition) is 2. The van der Waals surface area contributed by atoms with Crippen LogP contribution in [-0.4, -0.2) is 23.4 Å². The topological polar surface area (TPSA) is 49.4 Å². The molecule has 20 heavy (non-hydrogen) atoms. The second-order valence-electron chi connectivity index (χ2n) is 5.41. The number of benzene rings is 1. The van der Waals surface area contributed by atoms with Gasteiger partial charge in [0.05, 0.1) is 0 Å². The van der Waals surface area contributed by atoms with E-state index in [0.29, 0.717) is 17.1 Å². The summed E-state index contributed by atoms with van der Waals surface area (Å²) in [4.78, 5) is 26.5. The van der Waals surface area contributed by atoms with Crippen LogP contribution in [0.25, 0.3) is 0 Å². The number of halogens is 1. The van der Waals surface area contributed by atoms with Crippen molar-refractivity contribution in [3.8, 4) is 0 Å². The maximum atomic E-state index is 12.8. The molecule has 1 aliphatic heterocycles. The predicted octanol–water partition coefficient (Wildman–Crippen LogP) is 2.67. The minimum atomic E-state index is -0.863. The summed E-state index contributed by atoms with van der Waals surface area (Å²) in [5, 5.41) is 3.40. The molecule has 1 aromatic rings. The Bertz CT molecular complexity index is 573. The lowest BCUT2D eigenvalue weighted by atomic mass is 9.91. The number of amides is 2. The SMILES string of the molecule is CCC1(C)NC(=O)C(C)N(c2cccc(Cl)c2C)C1=O. The van der Waals surface area contributed by atoms with Crippen LogP contribution in [0.15, 0.2) is 18.2 Å². The average molecular weight is 295 g/mol. The molecule has 2 rings (SSSR count). The van der Waals surface area contributed by atoms with Gasteiger partial charge in [-0.05, 0) is 44.9 Å². The van der Waals surface area contributed by atoms with Gasteiger partial charge in [0.25, 0.3) is 5.91 Å². The van der Waals surface area contributed by atoms with Gasteiger partial charge in [-0.25, -0.2) is 0 Å². The largest absolute Gasteiger partial charge is 0.340 e. The highest BCUT2D eigenvalue weighted by Gasteiger charge is 2.46. The number of nitrogens with one attached hydrogen (secondary N) is 1. The van der Waals surface area contributed by atoms with Crippen molar-refractivity contribution in [1.82, 2.24) is 5.32 Å². The fourth-order valence-corrected chi connectivity index (χ4v) is 2.57. The molecule has 2 unspecified atom stereocenters. The monoisotopic (exact) mass is 294 g/mol. The summed E-state index contributed by atoms with van der Waals surface area (Å²) < 4.78 is 0. The number of carbonyl (C=O) groups excluding carboxylic acids is 2. The van der Waals surface area contributed by atoms with Gasteiger partial charge < -0.3 is 5.32 Å². The smallest absolute Gasteiger partial charge is 0.253 e. The van der Waals surface area contributed by atoms with Crippen LogP contribution < -0.4 is 10.2 Å². The maximum absolute atomic E-state index is 12.8. The highest BCUT2D eigenvalue weighted by molar-refractivity contribution is 6.32. The second kappa shape index (κ2) is 5.09. The van der Waals surface area contributed by atoms with E-state index in [1.807, 2.05) is 19.9 Å². The highest BCUT2D eigenvalue weighted by Crippen LogP contribution is 2.32. The zero-order valence-corrected chi connectivity index (χ0v) is 12.9. The van der Waals surface area contributed by atoms with E-state index < -0.39 is 11.6 Å². The summed E-state index contributed by atoms with van der Waals surface area (Å²) in [6.45, 7) is 7.22. The van der Waals surface area contributed by atoms with Gasteiger partial charge in [0.2, 0.25) is 5.91 Å². The molecule has 108 valence electrons. The maximum Gasteiger partial charge on any atom is 0.253 e. The predicted molar refractivity (Wildman–Crippen MR) is 80.0 cm³/mol. The van der Waals surface area contributed by atoms with Gasteiger partial charge in [-0.15, -0.1) is 0 Å². The van der Waals surface area contributed by atoms with E-state index in [2.05, 4.69) is 5.32 Å². The van der Waals surface area contributed by atoms with Crippen molar-refractivity contribution in [3.05, 3.63) is 28.8 Å². The molecule has 1 N–H and O–H groups in total. The van der Waals surface area contributed by atoms with Crippen LogP contribution >= 0.6 is 11.6 Å². The Hall–Kier alpha value is -1.55. The van der Waals surface area contributed by atoms with Gasteiger partial charge in [0.1, 0.15) is 11.6 Å². The Morgan fingerprint density at radius 2 is 2.05 bits per heavy atom. The van der Waals surface area contributed by atoms with Crippen molar-refractivity contribution in [2.24, 2.45) is 0 Å². The zero-order chi connectivity index (χ0) is 15.1. The molecule has 5 heteroatoms. The van der Waals surface area contributed by atoms with Gasteiger partial charge in [-0.3, -0.25) is 14.5 Å². The van der Waals surface area contributed by atoms with Crippen molar-refractivity contribution in [2.45, 2.75) is 45.7 Å². The van der Waals surface area contributed by atoms with Crippen LogP contribution in [0.5, 0.6) is 0 Å². The molecule has 1 aliphatic rings. The van der Waals surface area contributed by atoms with Crippen LogP contribution in [0.2, 0.25) is 5.02 Å². The minimum Gasteiger partial charge on any atom is -0.340 e. The molecular formula is C15H19ClN2O2. The first-order valence-electron chi connectivity index (χ1n) is 6.72. The van der Waals surface area contributed by atoms with E-state index in [-0.39, 0.29) is 11.8 Å². The fraction of sp³-hybridized carbons (Fsp3) is 0.467. The van der Waals surface area contributed by atoms with Crippen LogP contribution in [0.4, 0.5) is 5.69 Å². The van der Waals surface area contributed by atoms with Gasteiger partial charge in [-0.1, -0.05) is 24.6 Å². The van der Waals surface area contributed by atoms with Crippen molar-refractivity contribution >= 4 is 29.1 Å². The molecule has 0 aliphatic carbocycles. The normalized spacial score (nSPS) is 26.6. The summed E-state index contributed by atoms with van der Waals surface area (Å²) in [7, 11) is 0. The number of piperazine rings is 1. The van der Waals surface area contributed by atoms with Gasteiger partial charge in [0, 0.05) is 10.7 Å². The first kappa shape index (κ1) is 14.9. The third kappa shape index (κ3) is 2.18. The molecule has 0 spiro atoms. The fourth-order valence-electron chi connectivity index (χ4n) is 2.40. The number of carbonyl (C=O) groups is 2. The van der Waals surface area contributed by atoms with Crippen LogP contribution in [-0.2, 0) is 9.59 Å². The number of anilines is 1. The van der Waals surface area contributed by atoms with E-state index in [1.54, 1.807) is 30.9 Å². The Labute approximate surface area is 124 Å². The van der Waals surface area contributed by atoms with Gasteiger partial charge >= 0.3 is 0 Å². The number of rotatable bonds is 2. The quantitative estimate of drug-likeness (QED) is 0.911. The van der Waals surface area contributed by atoms with Crippen molar-refractivity contribution in [1.29, 1.82) is 0 Å². The third-order valence-corrected chi connectivity index (χ3v) is 4.47. The highest BCUT2D eigenvalue weighted by atomic mass is 35.5. The van der Waals surface area contributed by atoms with Crippen LogP contribution in [0.1, 0.15) is 32.8 Å². The molecule has 1 saturated heterocycles. The summed E-state index contributed by atoms with van der Waals surface area (Å²) >= 11 is 6.13. The number of hydrogen-bond donors (Lipinski definition) is 1.